The van der Waals surface area contributed by atoms with Crippen LogP contribution in [-0.4, -0.2) is 50.3 Å². The number of aldehydes is 1. The van der Waals surface area contributed by atoms with Gasteiger partial charge in [0.1, 0.15) is 17.9 Å². The lowest BCUT2D eigenvalue weighted by atomic mass is 10.1. The molecule has 1 aromatic carbocycles. The number of nitrogens with zero attached hydrogens (tertiary/aromatic N) is 5. The second-order valence-corrected chi connectivity index (χ2v) is 6.81. The lowest BCUT2D eigenvalue weighted by Crippen LogP contribution is -2.52. The van der Waals surface area contributed by atoms with Crippen molar-refractivity contribution in [2.24, 2.45) is 0 Å². The van der Waals surface area contributed by atoms with Gasteiger partial charge in [-0.3, -0.25) is 9.78 Å². The third-order valence-electron chi connectivity index (χ3n) is 4.20. The SMILES string of the molecule is O=CC=CN1CC(Nc2cncc(-c3cnc(Oc4cccc(Cl)c4)nc3)n2)C1. The minimum absolute atomic E-state index is 0.219. The van der Waals surface area contributed by atoms with E-state index >= 15 is 0 Å². The van der Waals surface area contributed by atoms with E-state index in [1.807, 2.05) is 4.90 Å². The molecular weight excluding hydrogens is 392 g/mol. The van der Waals surface area contributed by atoms with Crippen molar-refractivity contribution in [3.8, 4) is 23.0 Å². The van der Waals surface area contributed by atoms with E-state index < -0.39 is 0 Å². The average molecular weight is 409 g/mol. The van der Waals surface area contributed by atoms with Gasteiger partial charge in [-0.2, -0.15) is 0 Å². The molecule has 3 heterocycles. The summed E-state index contributed by atoms with van der Waals surface area (Å²) in [6.07, 6.45) is 10.6. The molecular formula is C20H17ClN6O2. The molecule has 1 aliphatic heterocycles. The Morgan fingerprint density at radius 3 is 2.76 bits per heavy atom. The van der Waals surface area contributed by atoms with Gasteiger partial charge in [-0.15, -0.1) is 0 Å². The maximum atomic E-state index is 10.3. The van der Waals surface area contributed by atoms with E-state index in [-0.39, 0.29) is 12.1 Å². The molecule has 2 aromatic heterocycles. The highest BCUT2D eigenvalue weighted by Crippen LogP contribution is 2.23. The Balaban J connectivity index is 1.39. The quantitative estimate of drug-likeness (QED) is 0.470. The molecule has 1 saturated heterocycles. The Bertz CT molecular complexity index is 1020. The lowest BCUT2D eigenvalue weighted by molar-refractivity contribution is -0.104. The van der Waals surface area contributed by atoms with Gasteiger partial charge in [0.25, 0.3) is 0 Å². The molecule has 1 N–H and O–H groups in total. The summed E-state index contributed by atoms with van der Waals surface area (Å²) in [4.78, 5) is 29.7. The number of hydrogen-bond acceptors (Lipinski definition) is 8. The molecule has 29 heavy (non-hydrogen) atoms. The molecule has 3 aromatic rings. The minimum Gasteiger partial charge on any atom is -0.424 e. The van der Waals surface area contributed by atoms with Crippen molar-refractivity contribution in [3.05, 3.63) is 66.4 Å². The van der Waals surface area contributed by atoms with Crippen LogP contribution in [0.3, 0.4) is 0 Å². The number of benzene rings is 1. The van der Waals surface area contributed by atoms with Crippen molar-refractivity contribution < 1.29 is 9.53 Å². The summed E-state index contributed by atoms with van der Waals surface area (Å²) >= 11 is 5.95. The fraction of sp³-hybridized carbons (Fsp3) is 0.150. The van der Waals surface area contributed by atoms with E-state index in [4.69, 9.17) is 16.3 Å². The van der Waals surface area contributed by atoms with E-state index in [1.165, 1.54) is 6.08 Å². The maximum Gasteiger partial charge on any atom is 0.321 e. The summed E-state index contributed by atoms with van der Waals surface area (Å²) in [5, 5.41) is 3.91. The molecule has 9 heteroatoms. The Kier molecular flexibility index (Phi) is 5.62. The number of anilines is 1. The van der Waals surface area contributed by atoms with E-state index in [1.54, 1.807) is 55.3 Å². The van der Waals surface area contributed by atoms with Gasteiger partial charge < -0.3 is 15.0 Å². The maximum absolute atomic E-state index is 10.3. The van der Waals surface area contributed by atoms with Crippen molar-refractivity contribution >= 4 is 23.7 Å². The second kappa shape index (κ2) is 8.66. The standard InChI is InChI=1S/C20H17ClN6O2/c21-15-3-1-4-17(7-15)29-20-23-8-14(9-24-20)18-10-22-11-19(26-18)25-16-12-27(13-16)5-2-6-28/h1-11,16H,12-13H2,(H,25,26). The molecule has 0 spiro atoms. The lowest BCUT2D eigenvalue weighted by Gasteiger charge is -2.39. The number of nitrogens with one attached hydrogen (secondary N) is 1. The molecule has 0 atom stereocenters. The highest BCUT2D eigenvalue weighted by atomic mass is 35.5. The number of likely N-dealkylation sites (tertiary alicyclic amines) is 1. The van der Waals surface area contributed by atoms with E-state index in [0.717, 1.165) is 24.9 Å². The van der Waals surface area contributed by atoms with Gasteiger partial charge in [0.2, 0.25) is 0 Å². The predicted molar refractivity (Wildman–Crippen MR) is 109 cm³/mol. The van der Waals surface area contributed by atoms with Crippen molar-refractivity contribution in [2.45, 2.75) is 6.04 Å². The van der Waals surface area contributed by atoms with Crippen LogP contribution in [0.1, 0.15) is 0 Å². The molecule has 1 aliphatic rings. The Hall–Kier alpha value is -3.52. The van der Waals surface area contributed by atoms with Crippen LogP contribution in [0.4, 0.5) is 5.82 Å². The van der Waals surface area contributed by atoms with Crippen LogP contribution in [0.2, 0.25) is 5.02 Å². The number of carbonyl (C=O) groups excluding carboxylic acids is 1. The van der Waals surface area contributed by atoms with Crippen LogP contribution in [0.5, 0.6) is 11.8 Å². The van der Waals surface area contributed by atoms with Gasteiger partial charge in [-0.1, -0.05) is 17.7 Å². The van der Waals surface area contributed by atoms with Gasteiger partial charge in [0, 0.05) is 42.3 Å². The highest BCUT2D eigenvalue weighted by molar-refractivity contribution is 6.30. The average Bonchev–Trinajstić information content (AvgIpc) is 2.70. The highest BCUT2D eigenvalue weighted by Gasteiger charge is 2.24. The summed E-state index contributed by atoms with van der Waals surface area (Å²) in [6, 6.07) is 7.49. The second-order valence-electron chi connectivity index (χ2n) is 6.38. The Labute approximate surface area is 172 Å². The van der Waals surface area contributed by atoms with Crippen LogP contribution in [0.25, 0.3) is 11.3 Å². The molecule has 4 rings (SSSR count). The van der Waals surface area contributed by atoms with Gasteiger partial charge in [0.15, 0.2) is 0 Å². The number of halogens is 1. The normalized spacial score (nSPS) is 13.9. The van der Waals surface area contributed by atoms with Crippen LogP contribution in [-0.2, 0) is 4.79 Å². The summed E-state index contributed by atoms with van der Waals surface area (Å²) in [7, 11) is 0. The minimum atomic E-state index is 0.219. The zero-order valence-corrected chi connectivity index (χ0v) is 16.0. The first-order chi connectivity index (χ1) is 14.2. The van der Waals surface area contributed by atoms with Crippen molar-refractivity contribution in [3.63, 3.8) is 0 Å². The van der Waals surface area contributed by atoms with Crippen LogP contribution in [0, 0.1) is 0 Å². The van der Waals surface area contributed by atoms with Gasteiger partial charge in [0.05, 0.1) is 24.1 Å². The first kappa shape index (κ1) is 18.8. The van der Waals surface area contributed by atoms with Crippen molar-refractivity contribution in [1.82, 2.24) is 24.8 Å². The van der Waals surface area contributed by atoms with Crippen LogP contribution >= 0.6 is 11.6 Å². The van der Waals surface area contributed by atoms with Gasteiger partial charge in [-0.05, 0) is 24.3 Å². The molecule has 8 nitrogen and oxygen atoms in total. The van der Waals surface area contributed by atoms with Crippen LogP contribution < -0.4 is 10.1 Å². The first-order valence-corrected chi connectivity index (χ1v) is 9.28. The van der Waals surface area contributed by atoms with Crippen molar-refractivity contribution in [2.75, 3.05) is 18.4 Å². The molecule has 0 saturated carbocycles. The first-order valence-electron chi connectivity index (χ1n) is 8.90. The van der Waals surface area contributed by atoms with E-state index in [2.05, 4.69) is 25.3 Å². The van der Waals surface area contributed by atoms with Gasteiger partial charge >= 0.3 is 6.01 Å². The molecule has 0 radical (unpaired) electrons. The summed E-state index contributed by atoms with van der Waals surface area (Å²) in [6.45, 7) is 1.60. The summed E-state index contributed by atoms with van der Waals surface area (Å²) in [5.41, 5.74) is 1.38. The molecule has 1 fully saturated rings. The number of aromatic nitrogens is 4. The molecule has 146 valence electrons. The number of carbonyl (C=O) groups is 1. The fourth-order valence-corrected chi connectivity index (χ4v) is 2.98. The van der Waals surface area contributed by atoms with Crippen LogP contribution in [0.15, 0.2) is 61.3 Å². The summed E-state index contributed by atoms with van der Waals surface area (Å²) < 4.78 is 5.60. The number of rotatable bonds is 7. The predicted octanol–water partition coefficient (Wildman–Crippen LogP) is 3.19. The smallest absolute Gasteiger partial charge is 0.321 e. The van der Waals surface area contributed by atoms with E-state index in [9.17, 15) is 4.79 Å². The zero-order valence-electron chi connectivity index (χ0n) is 15.3. The Morgan fingerprint density at radius 2 is 2.00 bits per heavy atom. The third-order valence-corrected chi connectivity index (χ3v) is 4.44. The third kappa shape index (κ3) is 4.85. The monoisotopic (exact) mass is 408 g/mol. The molecule has 0 unspecified atom stereocenters. The summed E-state index contributed by atoms with van der Waals surface area (Å²) in [5.74, 6) is 1.24. The zero-order chi connectivity index (χ0) is 20.1. The Morgan fingerprint density at radius 1 is 1.17 bits per heavy atom. The fourth-order valence-electron chi connectivity index (χ4n) is 2.80. The number of ether oxygens (including phenoxy) is 1. The molecule has 0 amide bonds. The largest absolute Gasteiger partial charge is 0.424 e. The topological polar surface area (TPSA) is 93.1 Å². The molecule has 0 aliphatic carbocycles. The van der Waals surface area contributed by atoms with E-state index in [0.29, 0.717) is 22.3 Å². The molecule has 0 bridgehead atoms. The number of hydrogen-bond donors (Lipinski definition) is 1. The van der Waals surface area contributed by atoms with Crippen molar-refractivity contribution in [1.29, 1.82) is 0 Å². The van der Waals surface area contributed by atoms with Gasteiger partial charge in [-0.25, -0.2) is 15.0 Å². The number of allylic oxidation sites excluding steroid dienone is 1.